The topological polar surface area (TPSA) is 247 Å². The molecule has 7 aromatic rings. The average Bonchev–Trinajstić information content (AvgIpc) is 0.873. The molecule has 0 amide bonds. The van der Waals surface area contributed by atoms with Gasteiger partial charge in [0.15, 0.2) is 0 Å². The monoisotopic (exact) mass is 1810 g/mol. The fourth-order valence-corrected chi connectivity index (χ4v) is 18.9. The molecule has 0 aliphatic carbocycles. The molecule has 0 unspecified atom stereocenters. The van der Waals surface area contributed by atoms with Crippen molar-refractivity contribution in [2.45, 2.75) is 307 Å². The Morgan fingerprint density at radius 3 is 0.756 bits per heavy atom. The van der Waals surface area contributed by atoms with Crippen LogP contribution in [0.5, 0.6) is 0 Å². The lowest BCUT2D eigenvalue weighted by molar-refractivity contribution is 0.00650. The van der Waals surface area contributed by atoms with E-state index >= 15 is 0 Å². The Morgan fingerprint density at radius 1 is 0.321 bits per heavy atom. The summed E-state index contributed by atoms with van der Waals surface area (Å²) in [6.45, 7) is 64.0. The first kappa shape index (κ1) is 107. The standard InChI is InChI=1S/C18H29N3O.C16H26N2O.5C15H24N2O/c1-15(2)18-4-3-17(13-19-18)21-7-5-16(6-8-21)14-20-9-11-22-12-10-20;1-12(2)15-6-5-14(11-17-15)18-9-7-13(8-10-18)16(3,4)19;1-12(2)14-5-4-13(10-16-14)17-8-6-15(3,11-18)7-9-17;4*1-11(2)15-7-6-14(9-16-15)17-8-4-5-13(10-17)12(3)18/h3-4,13,15-16H,5-12,14H2,1-2H3;5-6,11-13,19H,7-10H2,1-4H3;4-5,10,12,18H,6-9,11H2,1-3H3;4*6-7,9,11-13,18H,4-5,8,10H2,1-3H3/t;;;2*12-,13+;2*12-,13-/m...1010/s1. The molecular weight excluding hydrogens is 1630 g/mol. The third-order valence-corrected chi connectivity index (χ3v) is 28.7. The van der Waals surface area contributed by atoms with E-state index < -0.39 is 5.60 Å². The van der Waals surface area contributed by atoms with Crippen molar-refractivity contribution in [1.82, 2.24) is 39.8 Å². The van der Waals surface area contributed by atoms with E-state index in [0.717, 1.165) is 235 Å². The molecule has 22 nitrogen and oxygen atoms in total. The van der Waals surface area contributed by atoms with Crippen LogP contribution in [0.15, 0.2) is 128 Å². The minimum atomic E-state index is -0.550. The zero-order valence-electron chi connectivity index (χ0n) is 84.8. The molecule has 728 valence electrons. The van der Waals surface area contributed by atoms with E-state index in [1.807, 2.05) is 78.7 Å². The summed E-state index contributed by atoms with van der Waals surface area (Å²) < 4.78 is 5.43. The second-order valence-corrected chi connectivity index (χ2v) is 42.2. The smallest absolute Gasteiger partial charge is 0.0621 e. The average molecular weight is 1810 g/mol. The third kappa shape index (κ3) is 34.3. The van der Waals surface area contributed by atoms with Gasteiger partial charge in [-0.05, 0) is 275 Å². The van der Waals surface area contributed by atoms with Gasteiger partial charge in [0.2, 0.25) is 0 Å². The highest BCUT2D eigenvalue weighted by Crippen LogP contribution is 2.37. The van der Waals surface area contributed by atoms with Crippen LogP contribution in [0.3, 0.4) is 0 Å². The lowest BCUT2D eigenvalue weighted by Crippen LogP contribution is -2.42. The molecule has 0 spiro atoms. The summed E-state index contributed by atoms with van der Waals surface area (Å²) in [4.78, 5) is 50.9. The molecule has 8 aliphatic rings. The third-order valence-electron chi connectivity index (χ3n) is 28.7. The predicted octanol–water partition coefficient (Wildman–Crippen LogP) is 20.0. The summed E-state index contributed by atoms with van der Waals surface area (Å²) in [6.07, 6.45) is 29.0. The van der Waals surface area contributed by atoms with Gasteiger partial charge in [0.25, 0.3) is 0 Å². The van der Waals surface area contributed by atoms with Gasteiger partial charge in [-0.1, -0.05) is 104 Å². The van der Waals surface area contributed by atoms with E-state index in [-0.39, 0.29) is 29.8 Å². The molecule has 8 aliphatic heterocycles. The van der Waals surface area contributed by atoms with Crippen LogP contribution in [0.25, 0.3) is 0 Å². The van der Waals surface area contributed by atoms with E-state index in [4.69, 9.17) is 4.74 Å². The lowest BCUT2D eigenvalue weighted by Gasteiger charge is -2.39. The van der Waals surface area contributed by atoms with Gasteiger partial charge < -0.3 is 69.7 Å². The Bertz CT molecular complexity index is 3950. The van der Waals surface area contributed by atoms with Crippen LogP contribution in [0.1, 0.15) is 317 Å². The fourth-order valence-electron chi connectivity index (χ4n) is 18.9. The van der Waals surface area contributed by atoms with Gasteiger partial charge in [0, 0.05) is 181 Å². The van der Waals surface area contributed by atoms with E-state index in [9.17, 15) is 30.6 Å². The Morgan fingerprint density at radius 2 is 0.550 bits per heavy atom. The molecule has 8 atom stereocenters. The number of piperidine rings is 7. The maximum Gasteiger partial charge on any atom is 0.0621 e. The molecule has 0 radical (unpaired) electrons. The van der Waals surface area contributed by atoms with Crippen LogP contribution >= 0.6 is 0 Å². The summed E-state index contributed by atoms with van der Waals surface area (Å²) >= 11 is 0. The molecule has 0 aromatic carbocycles. The van der Waals surface area contributed by atoms with E-state index in [2.05, 4.69) is 269 Å². The Hall–Kier alpha value is -7.67. The van der Waals surface area contributed by atoms with Crippen LogP contribution in [-0.4, -0.2) is 232 Å². The number of anilines is 7. The van der Waals surface area contributed by atoms with Crippen molar-refractivity contribution in [2.75, 3.05) is 165 Å². The highest BCUT2D eigenvalue weighted by atomic mass is 16.5. The van der Waals surface area contributed by atoms with E-state index in [0.29, 0.717) is 77.6 Å². The maximum absolute atomic E-state index is 10.1. The Balaban J connectivity index is 0.000000172. The number of aliphatic hydroxyl groups is 6. The van der Waals surface area contributed by atoms with Gasteiger partial charge in [-0.3, -0.25) is 39.8 Å². The van der Waals surface area contributed by atoms with Crippen molar-refractivity contribution in [1.29, 1.82) is 0 Å². The number of ether oxygens (including phenoxy) is 1. The number of hydrogen-bond acceptors (Lipinski definition) is 22. The van der Waals surface area contributed by atoms with Gasteiger partial charge in [0.05, 0.1) is 126 Å². The van der Waals surface area contributed by atoms with Crippen molar-refractivity contribution in [3.8, 4) is 0 Å². The number of morpholine rings is 1. The van der Waals surface area contributed by atoms with Crippen molar-refractivity contribution in [2.24, 2.45) is 40.9 Å². The minimum Gasteiger partial charge on any atom is -0.396 e. The number of aromatic nitrogens is 7. The van der Waals surface area contributed by atoms with Gasteiger partial charge in [-0.15, -0.1) is 0 Å². The van der Waals surface area contributed by atoms with Gasteiger partial charge >= 0.3 is 0 Å². The molecule has 15 rings (SSSR count). The normalized spacial score (nSPS) is 21.1. The van der Waals surface area contributed by atoms with Gasteiger partial charge in [-0.25, -0.2) is 0 Å². The number of rotatable bonds is 22. The van der Waals surface area contributed by atoms with Crippen LogP contribution < -0.4 is 34.3 Å². The predicted molar refractivity (Wildman–Crippen MR) is 545 cm³/mol. The maximum atomic E-state index is 10.1. The van der Waals surface area contributed by atoms with Crippen LogP contribution in [0, 0.1) is 40.9 Å². The molecule has 6 N–H and O–H groups in total. The first-order valence-corrected chi connectivity index (χ1v) is 50.8. The summed E-state index contributed by atoms with van der Waals surface area (Å²) in [5.41, 5.74) is 16.1. The number of aliphatic hydroxyl groups excluding tert-OH is 5. The van der Waals surface area contributed by atoms with Crippen molar-refractivity contribution in [3.05, 3.63) is 168 Å². The molecule has 8 saturated heterocycles. The number of pyridine rings is 7. The number of nitrogens with zero attached hydrogens (tertiary/aromatic N) is 15. The van der Waals surface area contributed by atoms with Crippen molar-refractivity contribution in [3.63, 3.8) is 0 Å². The molecule has 131 heavy (non-hydrogen) atoms. The Kier molecular flexibility index (Phi) is 43.3. The summed E-state index contributed by atoms with van der Waals surface area (Å²) in [7, 11) is 0. The van der Waals surface area contributed by atoms with Gasteiger partial charge in [0.1, 0.15) is 0 Å². The zero-order chi connectivity index (χ0) is 95.1. The SMILES string of the molecule is CC(C)c1ccc(N2CCC(C(C)(C)O)CC2)cn1.CC(C)c1ccc(N2CCC(C)(CO)CC2)cn1.CC(C)c1ccc(N2CCC(CN3CCOCC3)CC2)cn1.CC(C)c1ccc(N2CCC[C@@H]([C@@H](C)O)C2)cn1.CC(C)c1ccc(N2CCC[C@@H]([C@H](C)O)C2)cn1.CC(C)c1ccc(N2CCC[C@H]([C@@H](C)O)C2)cn1.CC(C)c1ccc(N2CCC[C@H]([C@H](C)O)C2)cn1. The van der Waals surface area contributed by atoms with Gasteiger partial charge in [-0.2, -0.15) is 0 Å². The Labute approximate surface area is 791 Å². The molecular formula is C109H175N15O7. The second-order valence-electron chi connectivity index (χ2n) is 42.2. The second kappa shape index (κ2) is 53.0. The lowest BCUT2D eigenvalue weighted by atomic mass is 9.81. The molecule has 7 aromatic heterocycles. The first-order valence-electron chi connectivity index (χ1n) is 50.8. The molecule has 15 heterocycles. The van der Waals surface area contributed by atoms with Crippen LogP contribution in [-0.2, 0) is 4.74 Å². The highest BCUT2D eigenvalue weighted by molar-refractivity contribution is 5.51. The quantitative estimate of drug-likeness (QED) is 0.0369. The molecule has 22 heteroatoms. The van der Waals surface area contributed by atoms with E-state index in [1.54, 1.807) is 0 Å². The van der Waals surface area contributed by atoms with Crippen LogP contribution in [0.2, 0.25) is 0 Å². The first-order chi connectivity index (χ1) is 62.4. The number of hydrogen-bond donors (Lipinski definition) is 6. The largest absolute Gasteiger partial charge is 0.396 e. The summed E-state index contributed by atoms with van der Waals surface area (Å²) in [5, 5.41) is 58.3. The summed E-state index contributed by atoms with van der Waals surface area (Å²) in [5.74, 6) is 6.21. The zero-order valence-corrected chi connectivity index (χ0v) is 84.8. The molecule has 8 fully saturated rings. The highest BCUT2D eigenvalue weighted by Gasteiger charge is 2.34. The molecule has 0 saturated carbocycles. The van der Waals surface area contributed by atoms with E-state index in [1.165, 1.54) is 64.9 Å². The van der Waals surface area contributed by atoms with Crippen LogP contribution in [0.4, 0.5) is 39.8 Å². The minimum absolute atomic E-state index is 0.113. The summed E-state index contributed by atoms with van der Waals surface area (Å²) in [6, 6.07) is 30.1. The van der Waals surface area contributed by atoms with Crippen molar-refractivity contribution >= 4 is 39.8 Å². The van der Waals surface area contributed by atoms with Crippen molar-refractivity contribution < 1.29 is 35.4 Å². The molecule has 0 bridgehead atoms. The fraction of sp³-hybridized carbons (Fsp3) is 0.679.